The molecule has 2 N–H and O–H groups in total. The monoisotopic (exact) mass is 518 g/mol. The van der Waals surface area contributed by atoms with Gasteiger partial charge < -0.3 is 24.6 Å². The van der Waals surface area contributed by atoms with E-state index >= 15 is 0 Å². The van der Waals surface area contributed by atoms with Gasteiger partial charge in [0.1, 0.15) is 5.60 Å². The molecule has 2 saturated carbocycles. The lowest BCUT2D eigenvalue weighted by Crippen LogP contribution is -2.63. The van der Waals surface area contributed by atoms with Crippen molar-refractivity contribution in [2.45, 2.75) is 77.0 Å². The molecule has 1 aromatic carbocycles. The maximum absolute atomic E-state index is 13.3. The first-order valence-corrected chi connectivity index (χ1v) is 13.8. The smallest absolute Gasteiger partial charge is 0.193 e. The molecule has 3 fully saturated rings. The Hall–Kier alpha value is -2.50. The van der Waals surface area contributed by atoms with Gasteiger partial charge in [0.05, 0.1) is 31.0 Å². The quantitative estimate of drug-likeness (QED) is 0.605. The van der Waals surface area contributed by atoms with Crippen LogP contribution in [-0.2, 0) is 19.0 Å². The molecule has 1 aromatic rings. The molecule has 1 saturated heterocycles. The molecule has 7 nitrogen and oxygen atoms in total. The number of fused-ring (bicyclic) bond motifs is 5. The molecular formula is C31H38N2O5. The lowest BCUT2D eigenvalue weighted by atomic mass is 9.43. The molecule has 2 bridgehead atoms. The fraction of sp³-hybridized carbons (Fsp3) is 0.613. The number of nitrogens with one attached hydrogen (secondary N) is 1. The summed E-state index contributed by atoms with van der Waals surface area (Å²) in [5, 5.41) is 22.8. The van der Waals surface area contributed by atoms with Crippen LogP contribution in [0.25, 0.3) is 5.57 Å². The van der Waals surface area contributed by atoms with Crippen LogP contribution in [0.4, 0.5) is 0 Å². The molecule has 2 heterocycles. The van der Waals surface area contributed by atoms with Crippen LogP contribution in [-0.4, -0.2) is 54.7 Å². The van der Waals surface area contributed by atoms with E-state index in [-0.39, 0.29) is 41.8 Å². The Morgan fingerprint density at radius 3 is 2.74 bits per heavy atom. The van der Waals surface area contributed by atoms with Gasteiger partial charge in [0, 0.05) is 30.5 Å². The van der Waals surface area contributed by atoms with E-state index in [9.17, 15) is 15.2 Å². The molecule has 0 amide bonds. The number of benzene rings is 1. The van der Waals surface area contributed by atoms with Crippen LogP contribution in [0.1, 0.15) is 64.5 Å². The van der Waals surface area contributed by atoms with Crippen LogP contribution < -0.4 is 5.32 Å². The molecule has 7 atom stereocenters. The van der Waals surface area contributed by atoms with Crippen LogP contribution >= 0.6 is 0 Å². The third kappa shape index (κ3) is 3.24. The zero-order chi connectivity index (χ0) is 27.1. The second-order valence-electron chi connectivity index (χ2n) is 12.6. The summed E-state index contributed by atoms with van der Waals surface area (Å²) in [5.74, 6) is -0.780. The van der Waals surface area contributed by atoms with Gasteiger partial charge in [-0.25, -0.2) is 0 Å². The van der Waals surface area contributed by atoms with Gasteiger partial charge >= 0.3 is 0 Å². The Morgan fingerprint density at radius 2 is 2.03 bits per heavy atom. The summed E-state index contributed by atoms with van der Waals surface area (Å²) in [6, 6.07) is 10.1. The Labute approximate surface area is 224 Å². The van der Waals surface area contributed by atoms with E-state index in [0.29, 0.717) is 17.9 Å². The molecule has 2 aliphatic heterocycles. The number of allylic oxidation sites excluding steroid dienone is 2. The fourth-order valence-electron chi connectivity index (χ4n) is 8.77. The van der Waals surface area contributed by atoms with Crippen LogP contribution in [0.15, 0.2) is 41.6 Å². The summed E-state index contributed by atoms with van der Waals surface area (Å²) in [6.45, 7) is 8.77. The van der Waals surface area contributed by atoms with Crippen molar-refractivity contribution in [3.8, 4) is 6.07 Å². The van der Waals surface area contributed by atoms with E-state index in [0.717, 1.165) is 30.4 Å². The number of rotatable bonds is 5. The van der Waals surface area contributed by atoms with Gasteiger partial charge in [-0.2, -0.15) is 5.26 Å². The highest BCUT2D eigenvalue weighted by atomic mass is 16.8. The number of carbonyl (C=O) groups is 1. The van der Waals surface area contributed by atoms with Crippen molar-refractivity contribution in [1.82, 2.24) is 5.32 Å². The van der Waals surface area contributed by atoms with Crippen molar-refractivity contribution in [3.05, 3.63) is 52.7 Å². The number of ether oxygens (including phenoxy) is 3. The predicted octanol–water partition coefficient (Wildman–Crippen LogP) is 4.11. The van der Waals surface area contributed by atoms with Crippen molar-refractivity contribution in [3.63, 3.8) is 0 Å². The molecule has 6 rings (SSSR count). The summed E-state index contributed by atoms with van der Waals surface area (Å²) in [7, 11) is 1.99. The van der Waals surface area contributed by atoms with Gasteiger partial charge in [-0.3, -0.25) is 4.79 Å². The van der Waals surface area contributed by atoms with Gasteiger partial charge in [-0.05, 0) is 79.4 Å². The number of aliphatic hydroxyl groups is 1. The van der Waals surface area contributed by atoms with E-state index in [1.165, 1.54) is 11.3 Å². The molecule has 202 valence electrons. The minimum absolute atomic E-state index is 0.0413. The van der Waals surface area contributed by atoms with E-state index in [4.69, 9.17) is 14.2 Å². The van der Waals surface area contributed by atoms with Crippen molar-refractivity contribution in [1.29, 1.82) is 5.26 Å². The second kappa shape index (κ2) is 8.50. The lowest BCUT2D eigenvalue weighted by Gasteiger charge is -2.64. The highest BCUT2D eigenvalue weighted by Crippen LogP contribution is 2.72. The Balaban J connectivity index is 1.51. The standard InChI is InChI=1S/C31H38N2O5/c1-28(2)27-23(35)16-22-25-24(36-12-11-34)15-20-14-21(19-8-6-7-18(13-19)17-32)26(33-5)30(20,4)29(25,3)9-10-31(22,37-27)38-28/h6-8,13,16,20,24-25,27,33-34H,9-12,14-15H2,1-5H3/t20?,24-,25?,27?,29?,30+,31?/m0/s1. The number of nitrogens with zero attached hydrogens (tertiary/aromatic N) is 1. The summed E-state index contributed by atoms with van der Waals surface area (Å²) < 4.78 is 19.5. The fourth-order valence-corrected chi connectivity index (χ4v) is 8.77. The predicted molar refractivity (Wildman–Crippen MR) is 141 cm³/mol. The summed E-state index contributed by atoms with van der Waals surface area (Å²) in [4.78, 5) is 13.3. The highest BCUT2D eigenvalue weighted by Gasteiger charge is 2.72. The Kier molecular flexibility index (Phi) is 5.76. The lowest BCUT2D eigenvalue weighted by molar-refractivity contribution is -0.229. The van der Waals surface area contributed by atoms with E-state index in [1.54, 1.807) is 6.08 Å². The zero-order valence-electron chi connectivity index (χ0n) is 23.0. The Bertz CT molecular complexity index is 1290. The average Bonchev–Trinajstić information content (AvgIpc) is 3.33. The minimum atomic E-state index is -0.914. The largest absolute Gasteiger partial charge is 0.394 e. The maximum Gasteiger partial charge on any atom is 0.193 e. The van der Waals surface area contributed by atoms with Crippen molar-refractivity contribution < 1.29 is 24.1 Å². The van der Waals surface area contributed by atoms with E-state index in [2.05, 4.69) is 31.3 Å². The first-order valence-electron chi connectivity index (χ1n) is 13.8. The number of hydrogen-bond acceptors (Lipinski definition) is 7. The maximum atomic E-state index is 13.3. The molecule has 0 aromatic heterocycles. The first-order chi connectivity index (χ1) is 18.0. The average molecular weight is 519 g/mol. The van der Waals surface area contributed by atoms with E-state index in [1.807, 2.05) is 39.1 Å². The summed E-state index contributed by atoms with van der Waals surface area (Å²) >= 11 is 0. The van der Waals surface area contributed by atoms with Crippen LogP contribution in [0.2, 0.25) is 0 Å². The molecule has 5 aliphatic rings. The highest BCUT2D eigenvalue weighted by molar-refractivity contribution is 5.97. The first kappa shape index (κ1) is 25.8. The summed E-state index contributed by atoms with van der Waals surface area (Å²) in [5.41, 5.74) is 3.86. The van der Waals surface area contributed by atoms with Crippen LogP contribution in [0, 0.1) is 34.0 Å². The molecular weight excluding hydrogens is 480 g/mol. The molecule has 38 heavy (non-hydrogen) atoms. The third-order valence-corrected chi connectivity index (χ3v) is 10.5. The summed E-state index contributed by atoms with van der Waals surface area (Å²) in [6.07, 6.45) is 4.19. The number of aliphatic hydroxyl groups excluding tert-OH is 1. The molecule has 7 heteroatoms. The zero-order valence-corrected chi connectivity index (χ0v) is 23.0. The molecule has 3 aliphatic carbocycles. The molecule has 1 spiro atoms. The second-order valence-corrected chi connectivity index (χ2v) is 12.6. The minimum Gasteiger partial charge on any atom is -0.394 e. The van der Waals surface area contributed by atoms with Gasteiger partial charge in [-0.1, -0.05) is 26.0 Å². The number of hydrogen-bond donors (Lipinski definition) is 2. The number of carbonyl (C=O) groups excluding carboxylic acids is 1. The normalized spacial score (nSPS) is 40.7. The molecule has 5 unspecified atom stereocenters. The SMILES string of the molecule is CNC1=C(c2cccc(C#N)c2)CC2C[C@H](OCCO)C3C4=CC(=O)C5OC4(CCC3(C)[C@@]12C)OC5(C)C. The van der Waals surface area contributed by atoms with Crippen LogP contribution in [0.5, 0.6) is 0 Å². The Morgan fingerprint density at radius 1 is 1.24 bits per heavy atom. The number of nitriles is 1. The van der Waals surface area contributed by atoms with E-state index < -0.39 is 17.5 Å². The van der Waals surface area contributed by atoms with Gasteiger partial charge in [0.2, 0.25) is 0 Å². The van der Waals surface area contributed by atoms with Gasteiger partial charge in [-0.15, -0.1) is 0 Å². The van der Waals surface area contributed by atoms with Crippen molar-refractivity contribution >= 4 is 11.4 Å². The van der Waals surface area contributed by atoms with Gasteiger partial charge in [0.25, 0.3) is 0 Å². The van der Waals surface area contributed by atoms with Gasteiger partial charge in [0.15, 0.2) is 17.7 Å². The van der Waals surface area contributed by atoms with Crippen molar-refractivity contribution in [2.75, 3.05) is 20.3 Å². The number of ketones is 1. The topological polar surface area (TPSA) is 101 Å². The van der Waals surface area contributed by atoms with Crippen molar-refractivity contribution in [2.24, 2.45) is 22.7 Å². The van der Waals surface area contributed by atoms with Crippen LogP contribution in [0.3, 0.4) is 0 Å². The third-order valence-electron chi connectivity index (χ3n) is 10.5. The molecule has 0 radical (unpaired) electrons.